The first-order chi connectivity index (χ1) is 8.97. The van der Waals surface area contributed by atoms with Gasteiger partial charge in [0.25, 0.3) is 5.91 Å². The molecule has 1 aromatic rings. The molecule has 0 bridgehead atoms. The molecule has 102 valence electrons. The Kier molecular flexibility index (Phi) is 4.01. The lowest BCUT2D eigenvalue weighted by atomic mass is 10.2. The summed E-state index contributed by atoms with van der Waals surface area (Å²) >= 11 is 5.81. The van der Waals surface area contributed by atoms with Crippen LogP contribution in [-0.4, -0.2) is 29.2 Å². The first kappa shape index (κ1) is 13.8. The lowest BCUT2D eigenvalue weighted by Gasteiger charge is -2.12. The molecule has 1 fully saturated rings. The predicted molar refractivity (Wildman–Crippen MR) is 65.6 cm³/mol. The van der Waals surface area contributed by atoms with Crippen molar-refractivity contribution in [3.05, 3.63) is 29.0 Å². The number of carboxylic acids is 1. The van der Waals surface area contributed by atoms with Gasteiger partial charge in [0.15, 0.2) is 6.10 Å². The van der Waals surface area contributed by atoms with Gasteiger partial charge in [0, 0.05) is 0 Å². The highest BCUT2D eigenvalue weighted by Gasteiger charge is 2.34. The molecule has 1 aliphatic heterocycles. The molecule has 5 nitrogen and oxygen atoms in total. The van der Waals surface area contributed by atoms with Gasteiger partial charge in [-0.1, -0.05) is 11.6 Å². The Labute approximate surface area is 113 Å². The summed E-state index contributed by atoms with van der Waals surface area (Å²) in [6.45, 7) is 0. The lowest BCUT2D eigenvalue weighted by molar-refractivity contribution is -0.150. The Bertz CT molecular complexity index is 522. The van der Waals surface area contributed by atoms with E-state index in [1.807, 2.05) is 0 Å². The fraction of sp³-hybridized carbons (Fsp3) is 0.333. The molecular formula is C12H11ClFNO4. The minimum Gasteiger partial charge on any atom is -0.479 e. The number of amides is 1. The lowest BCUT2D eigenvalue weighted by Crippen LogP contribution is -2.30. The van der Waals surface area contributed by atoms with Crippen LogP contribution in [0.25, 0.3) is 0 Å². The highest BCUT2D eigenvalue weighted by molar-refractivity contribution is 6.33. The highest BCUT2D eigenvalue weighted by atomic mass is 35.5. The molecule has 1 aromatic carbocycles. The van der Waals surface area contributed by atoms with Crippen molar-refractivity contribution in [2.24, 2.45) is 0 Å². The normalized spacial score (nSPS) is 22.2. The van der Waals surface area contributed by atoms with E-state index in [4.69, 9.17) is 21.4 Å². The molecule has 0 spiro atoms. The van der Waals surface area contributed by atoms with E-state index in [1.165, 1.54) is 12.1 Å². The van der Waals surface area contributed by atoms with Crippen LogP contribution in [0, 0.1) is 5.82 Å². The van der Waals surface area contributed by atoms with Gasteiger partial charge in [-0.2, -0.15) is 0 Å². The van der Waals surface area contributed by atoms with Crippen LogP contribution in [0.3, 0.4) is 0 Å². The topological polar surface area (TPSA) is 75.6 Å². The molecule has 0 aromatic heterocycles. The molecule has 2 unspecified atom stereocenters. The van der Waals surface area contributed by atoms with Gasteiger partial charge in [-0.05, 0) is 31.0 Å². The summed E-state index contributed by atoms with van der Waals surface area (Å²) < 4.78 is 18.1. The fourth-order valence-electron chi connectivity index (χ4n) is 1.82. The van der Waals surface area contributed by atoms with Gasteiger partial charge in [-0.3, -0.25) is 4.79 Å². The van der Waals surface area contributed by atoms with Crippen LogP contribution in [0.15, 0.2) is 18.2 Å². The number of carbonyl (C=O) groups excluding carboxylic acids is 1. The maximum Gasteiger partial charge on any atom is 0.332 e. The zero-order valence-electron chi connectivity index (χ0n) is 9.73. The van der Waals surface area contributed by atoms with Crippen molar-refractivity contribution in [3.63, 3.8) is 0 Å². The molecule has 1 aliphatic rings. The Morgan fingerprint density at radius 1 is 1.37 bits per heavy atom. The summed E-state index contributed by atoms with van der Waals surface area (Å²) in [5.74, 6) is -2.16. The van der Waals surface area contributed by atoms with Crippen molar-refractivity contribution in [2.75, 3.05) is 5.32 Å². The third kappa shape index (κ3) is 3.21. The summed E-state index contributed by atoms with van der Waals surface area (Å²) in [7, 11) is 0. The fourth-order valence-corrected chi connectivity index (χ4v) is 1.98. The van der Waals surface area contributed by atoms with Crippen LogP contribution in [0.2, 0.25) is 5.02 Å². The van der Waals surface area contributed by atoms with E-state index < -0.39 is 29.9 Å². The quantitative estimate of drug-likeness (QED) is 0.892. The van der Waals surface area contributed by atoms with Crippen molar-refractivity contribution in [2.45, 2.75) is 25.0 Å². The molecule has 0 radical (unpaired) electrons. The van der Waals surface area contributed by atoms with E-state index in [-0.39, 0.29) is 17.1 Å². The minimum atomic E-state index is -1.10. The number of halogens is 2. The molecule has 0 aliphatic carbocycles. The molecular weight excluding hydrogens is 277 g/mol. The Hall–Kier alpha value is -1.66. The molecule has 1 saturated heterocycles. The second-order valence-electron chi connectivity index (χ2n) is 4.14. The minimum absolute atomic E-state index is 0.133. The largest absolute Gasteiger partial charge is 0.479 e. The number of aliphatic carboxylic acids is 1. The summed E-state index contributed by atoms with van der Waals surface area (Å²) in [5, 5.41) is 11.4. The van der Waals surface area contributed by atoms with Gasteiger partial charge in [0.05, 0.1) is 10.7 Å². The maximum absolute atomic E-state index is 13.0. The summed E-state index contributed by atoms with van der Waals surface area (Å²) in [5.41, 5.74) is 0.133. The van der Waals surface area contributed by atoms with Gasteiger partial charge < -0.3 is 15.2 Å². The number of anilines is 1. The first-order valence-electron chi connectivity index (χ1n) is 5.61. The zero-order chi connectivity index (χ0) is 14.0. The van der Waals surface area contributed by atoms with Crippen molar-refractivity contribution >= 4 is 29.2 Å². The van der Waals surface area contributed by atoms with Gasteiger partial charge in [0.1, 0.15) is 11.9 Å². The Morgan fingerprint density at radius 2 is 2.05 bits per heavy atom. The molecule has 1 amide bonds. The van der Waals surface area contributed by atoms with Crippen LogP contribution >= 0.6 is 11.6 Å². The van der Waals surface area contributed by atoms with E-state index in [0.29, 0.717) is 6.42 Å². The molecule has 2 N–H and O–H groups in total. The third-order valence-electron chi connectivity index (χ3n) is 2.77. The van der Waals surface area contributed by atoms with Crippen molar-refractivity contribution in [1.82, 2.24) is 0 Å². The Balaban J connectivity index is 2.02. The van der Waals surface area contributed by atoms with E-state index in [9.17, 15) is 14.0 Å². The van der Waals surface area contributed by atoms with Crippen LogP contribution < -0.4 is 5.32 Å². The number of hydrogen-bond acceptors (Lipinski definition) is 3. The molecule has 7 heteroatoms. The summed E-state index contributed by atoms with van der Waals surface area (Å²) in [4.78, 5) is 22.5. The predicted octanol–water partition coefficient (Wildman–Crippen LogP) is 2.05. The Morgan fingerprint density at radius 3 is 2.68 bits per heavy atom. The zero-order valence-corrected chi connectivity index (χ0v) is 10.5. The van der Waals surface area contributed by atoms with Gasteiger partial charge in [0.2, 0.25) is 0 Å². The second kappa shape index (κ2) is 5.54. The average Bonchev–Trinajstić information content (AvgIpc) is 2.83. The summed E-state index contributed by atoms with van der Waals surface area (Å²) in [6, 6.07) is 3.58. The number of ether oxygens (including phenoxy) is 1. The number of nitrogens with one attached hydrogen (secondary N) is 1. The van der Waals surface area contributed by atoms with Crippen LogP contribution in [0.4, 0.5) is 10.1 Å². The van der Waals surface area contributed by atoms with Gasteiger partial charge >= 0.3 is 5.97 Å². The van der Waals surface area contributed by atoms with Crippen molar-refractivity contribution < 1.29 is 23.8 Å². The second-order valence-corrected chi connectivity index (χ2v) is 4.55. The first-order valence-corrected chi connectivity index (χ1v) is 5.99. The molecule has 2 atom stereocenters. The number of carboxylic acid groups (broad SMARTS) is 1. The van der Waals surface area contributed by atoms with Gasteiger partial charge in [-0.15, -0.1) is 0 Å². The van der Waals surface area contributed by atoms with Crippen LogP contribution in [0.5, 0.6) is 0 Å². The van der Waals surface area contributed by atoms with Gasteiger partial charge in [-0.25, -0.2) is 9.18 Å². The number of rotatable bonds is 3. The van der Waals surface area contributed by atoms with Crippen molar-refractivity contribution in [3.8, 4) is 0 Å². The smallest absolute Gasteiger partial charge is 0.332 e. The van der Waals surface area contributed by atoms with E-state index >= 15 is 0 Å². The molecule has 1 heterocycles. The van der Waals surface area contributed by atoms with E-state index in [0.717, 1.165) is 6.07 Å². The molecule has 19 heavy (non-hydrogen) atoms. The number of benzene rings is 1. The molecule has 0 saturated carbocycles. The average molecular weight is 288 g/mol. The van der Waals surface area contributed by atoms with Crippen LogP contribution in [0.1, 0.15) is 12.8 Å². The van der Waals surface area contributed by atoms with Crippen LogP contribution in [-0.2, 0) is 14.3 Å². The van der Waals surface area contributed by atoms with Crippen molar-refractivity contribution in [1.29, 1.82) is 0 Å². The standard InChI is InChI=1S/C12H11ClFNO4/c13-7-2-1-6(14)5-8(7)15-11(16)9-3-4-10(19-9)12(17)18/h1-2,5,9-10H,3-4H2,(H,15,16)(H,17,18). The maximum atomic E-state index is 13.0. The summed E-state index contributed by atoms with van der Waals surface area (Å²) in [6.07, 6.45) is -1.26. The number of hydrogen-bond donors (Lipinski definition) is 2. The SMILES string of the molecule is O=C(O)C1CCC(C(=O)Nc2cc(F)ccc2Cl)O1. The molecule has 2 rings (SSSR count). The van der Waals surface area contributed by atoms with E-state index in [2.05, 4.69) is 5.32 Å². The third-order valence-corrected chi connectivity index (χ3v) is 3.10. The number of carbonyl (C=O) groups is 2. The highest BCUT2D eigenvalue weighted by Crippen LogP contribution is 2.25. The van der Waals surface area contributed by atoms with E-state index in [1.54, 1.807) is 0 Å². The monoisotopic (exact) mass is 287 g/mol.